The molecule has 114 valence electrons. The van der Waals surface area contributed by atoms with Gasteiger partial charge in [0.1, 0.15) is 11.6 Å². The molecule has 2 aromatic heterocycles. The summed E-state index contributed by atoms with van der Waals surface area (Å²) in [5.74, 6) is 1.48. The van der Waals surface area contributed by atoms with Crippen LogP contribution in [0, 0.1) is 0 Å². The van der Waals surface area contributed by atoms with Gasteiger partial charge in [-0.15, -0.1) is 0 Å². The number of hydrogen-bond acceptors (Lipinski definition) is 4. The Labute approximate surface area is 127 Å². The number of aromatic amines is 2. The van der Waals surface area contributed by atoms with Gasteiger partial charge in [0.05, 0.1) is 30.9 Å². The Hall–Kier alpha value is -2.83. The molecule has 0 aliphatic rings. The molecule has 1 aromatic carbocycles. The number of imidazole rings is 1. The van der Waals surface area contributed by atoms with Gasteiger partial charge in [-0.3, -0.25) is 9.89 Å². The van der Waals surface area contributed by atoms with E-state index < -0.39 is 0 Å². The first-order valence-electron chi connectivity index (χ1n) is 7.01. The van der Waals surface area contributed by atoms with Crippen molar-refractivity contribution in [3.05, 3.63) is 42.0 Å². The first-order valence-corrected chi connectivity index (χ1v) is 7.01. The Morgan fingerprint density at radius 2 is 2.32 bits per heavy atom. The average molecular weight is 299 g/mol. The summed E-state index contributed by atoms with van der Waals surface area (Å²) in [5.41, 5.74) is 2.76. The molecule has 0 atom stereocenters. The van der Waals surface area contributed by atoms with E-state index in [9.17, 15) is 4.79 Å². The van der Waals surface area contributed by atoms with Crippen LogP contribution in [0.3, 0.4) is 0 Å². The number of nitrogens with one attached hydrogen (secondary N) is 3. The second-order valence-corrected chi connectivity index (χ2v) is 4.95. The van der Waals surface area contributed by atoms with E-state index >= 15 is 0 Å². The SMILES string of the molecule is COc1ccc2nc(CNC(=O)CCc3cn[nH]c3)[nH]c2c1. The van der Waals surface area contributed by atoms with Crippen molar-refractivity contribution in [2.24, 2.45) is 0 Å². The minimum atomic E-state index is -0.0146. The topological polar surface area (TPSA) is 95.7 Å². The van der Waals surface area contributed by atoms with Crippen LogP contribution < -0.4 is 10.1 Å². The van der Waals surface area contributed by atoms with Crippen LogP contribution in [0.25, 0.3) is 11.0 Å². The van der Waals surface area contributed by atoms with Crippen molar-refractivity contribution in [2.75, 3.05) is 7.11 Å². The van der Waals surface area contributed by atoms with E-state index in [1.807, 2.05) is 18.2 Å². The maximum atomic E-state index is 11.8. The number of amides is 1. The summed E-state index contributed by atoms with van der Waals surface area (Å²) in [6.45, 7) is 0.376. The third-order valence-electron chi connectivity index (χ3n) is 3.39. The largest absolute Gasteiger partial charge is 0.497 e. The highest BCUT2D eigenvalue weighted by molar-refractivity contribution is 5.78. The van der Waals surface area contributed by atoms with E-state index in [1.165, 1.54) is 0 Å². The number of benzene rings is 1. The summed E-state index contributed by atoms with van der Waals surface area (Å²) in [7, 11) is 1.62. The van der Waals surface area contributed by atoms with Gasteiger partial charge in [-0.25, -0.2) is 4.98 Å². The molecule has 22 heavy (non-hydrogen) atoms. The fourth-order valence-corrected chi connectivity index (χ4v) is 2.20. The zero-order chi connectivity index (χ0) is 15.4. The summed E-state index contributed by atoms with van der Waals surface area (Å²) >= 11 is 0. The number of hydrogen-bond donors (Lipinski definition) is 3. The Kier molecular flexibility index (Phi) is 4.04. The van der Waals surface area contributed by atoms with Crippen molar-refractivity contribution in [1.82, 2.24) is 25.5 Å². The lowest BCUT2D eigenvalue weighted by molar-refractivity contribution is -0.121. The van der Waals surface area contributed by atoms with Crippen molar-refractivity contribution in [3.63, 3.8) is 0 Å². The zero-order valence-corrected chi connectivity index (χ0v) is 12.2. The molecule has 2 heterocycles. The molecule has 0 spiro atoms. The van der Waals surface area contributed by atoms with Crippen LogP contribution in [0.15, 0.2) is 30.6 Å². The predicted molar refractivity (Wildman–Crippen MR) is 81.4 cm³/mol. The minimum Gasteiger partial charge on any atom is -0.497 e. The average Bonchev–Trinajstić information content (AvgIpc) is 3.18. The highest BCUT2D eigenvalue weighted by Gasteiger charge is 2.07. The number of rotatable bonds is 6. The molecule has 0 aliphatic carbocycles. The van der Waals surface area contributed by atoms with Crippen LogP contribution in [0.5, 0.6) is 5.75 Å². The molecule has 3 rings (SSSR count). The van der Waals surface area contributed by atoms with E-state index in [4.69, 9.17) is 4.74 Å². The van der Waals surface area contributed by atoms with Crippen molar-refractivity contribution in [2.45, 2.75) is 19.4 Å². The highest BCUT2D eigenvalue weighted by atomic mass is 16.5. The molecule has 3 aromatic rings. The minimum absolute atomic E-state index is 0.0146. The van der Waals surface area contributed by atoms with Crippen molar-refractivity contribution in [1.29, 1.82) is 0 Å². The van der Waals surface area contributed by atoms with Gasteiger partial charge in [-0.1, -0.05) is 0 Å². The standard InChI is InChI=1S/C15H17N5O2/c1-22-11-3-4-12-13(6-11)20-14(19-12)9-16-15(21)5-2-10-7-17-18-8-10/h3-4,6-8H,2,5,9H2,1H3,(H,16,21)(H,17,18)(H,19,20). The third-order valence-corrected chi connectivity index (χ3v) is 3.39. The second-order valence-electron chi connectivity index (χ2n) is 4.95. The molecule has 0 bridgehead atoms. The number of methoxy groups -OCH3 is 1. The smallest absolute Gasteiger partial charge is 0.220 e. The van der Waals surface area contributed by atoms with Crippen LogP contribution in [-0.2, 0) is 17.8 Å². The molecule has 1 amide bonds. The first-order chi connectivity index (χ1) is 10.7. The molecule has 7 nitrogen and oxygen atoms in total. The van der Waals surface area contributed by atoms with Gasteiger partial charge >= 0.3 is 0 Å². The zero-order valence-electron chi connectivity index (χ0n) is 12.2. The Balaban J connectivity index is 1.55. The molecule has 0 saturated carbocycles. The van der Waals surface area contributed by atoms with Gasteiger partial charge < -0.3 is 15.0 Å². The number of carbonyl (C=O) groups is 1. The van der Waals surface area contributed by atoms with Crippen molar-refractivity contribution >= 4 is 16.9 Å². The predicted octanol–water partition coefficient (Wildman–Crippen LogP) is 1.54. The lowest BCUT2D eigenvalue weighted by atomic mass is 10.2. The first kappa shape index (κ1) is 14.1. The fraction of sp³-hybridized carbons (Fsp3) is 0.267. The lowest BCUT2D eigenvalue weighted by Crippen LogP contribution is -2.23. The van der Waals surface area contributed by atoms with Crippen LogP contribution in [-0.4, -0.2) is 33.2 Å². The van der Waals surface area contributed by atoms with E-state index in [0.717, 1.165) is 28.2 Å². The summed E-state index contributed by atoms with van der Waals surface area (Å²) < 4.78 is 5.17. The van der Waals surface area contributed by atoms with Gasteiger partial charge in [0, 0.05) is 18.7 Å². The number of carbonyl (C=O) groups excluding carboxylic acids is 1. The number of aryl methyl sites for hydroxylation is 1. The Morgan fingerprint density at radius 3 is 3.09 bits per heavy atom. The number of H-pyrrole nitrogens is 2. The monoisotopic (exact) mass is 299 g/mol. The quantitative estimate of drug-likeness (QED) is 0.643. The van der Waals surface area contributed by atoms with Gasteiger partial charge in [0.2, 0.25) is 5.91 Å². The van der Waals surface area contributed by atoms with Crippen LogP contribution in [0.1, 0.15) is 17.8 Å². The molecule has 0 unspecified atom stereocenters. The highest BCUT2D eigenvalue weighted by Crippen LogP contribution is 2.18. The van der Waals surface area contributed by atoms with E-state index in [0.29, 0.717) is 19.4 Å². The van der Waals surface area contributed by atoms with Gasteiger partial charge in [-0.2, -0.15) is 5.10 Å². The fourth-order valence-electron chi connectivity index (χ4n) is 2.20. The Morgan fingerprint density at radius 1 is 1.41 bits per heavy atom. The Bertz CT molecular complexity index is 763. The summed E-state index contributed by atoms with van der Waals surface area (Å²) in [4.78, 5) is 19.4. The van der Waals surface area contributed by atoms with Crippen LogP contribution in [0.2, 0.25) is 0 Å². The maximum Gasteiger partial charge on any atom is 0.220 e. The van der Waals surface area contributed by atoms with Crippen molar-refractivity contribution in [3.8, 4) is 5.75 Å². The van der Waals surface area contributed by atoms with E-state index in [2.05, 4.69) is 25.5 Å². The summed E-state index contributed by atoms with van der Waals surface area (Å²) in [6, 6.07) is 5.62. The van der Waals surface area contributed by atoms with E-state index in [1.54, 1.807) is 19.5 Å². The van der Waals surface area contributed by atoms with Crippen LogP contribution >= 0.6 is 0 Å². The normalized spacial score (nSPS) is 10.8. The summed E-state index contributed by atoms with van der Waals surface area (Å²) in [5, 5.41) is 9.44. The second kappa shape index (κ2) is 6.30. The molecule has 0 radical (unpaired) electrons. The molecule has 0 aliphatic heterocycles. The van der Waals surface area contributed by atoms with Crippen LogP contribution in [0.4, 0.5) is 0 Å². The summed E-state index contributed by atoms with van der Waals surface area (Å²) in [6.07, 6.45) is 4.60. The third kappa shape index (κ3) is 3.25. The molecule has 0 saturated heterocycles. The molecule has 0 fully saturated rings. The van der Waals surface area contributed by atoms with Gasteiger partial charge in [0.25, 0.3) is 0 Å². The van der Waals surface area contributed by atoms with E-state index in [-0.39, 0.29) is 5.91 Å². The van der Waals surface area contributed by atoms with Gasteiger partial charge in [0.15, 0.2) is 0 Å². The number of nitrogens with zero attached hydrogens (tertiary/aromatic N) is 2. The number of ether oxygens (including phenoxy) is 1. The number of fused-ring (bicyclic) bond motifs is 1. The van der Waals surface area contributed by atoms with Gasteiger partial charge in [-0.05, 0) is 24.1 Å². The molecular weight excluding hydrogens is 282 g/mol. The molecule has 3 N–H and O–H groups in total. The van der Waals surface area contributed by atoms with Crippen molar-refractivity contribution < 1.29 is 9.53 Å². The maximum absolute atomic E-state index is 11.8. The number of aromatic nitrogens is 4. The molecule has 7 heteroatoms. The molecular formula is C15H17N5O2. The lowest BCUT2D eigenvalue weighted by Gasteiger charge is -2.02.